The standard InChI is InChI=1S/C15H34N4/c1-17(2)10-5-8-16-9-13-19-11-6-15(7-12-19)14-18(3)4/h15-16H,5-14H2,1-4H3. The minimum atomic E-state index is 0.916. The molecular weight excluding hydrogens is 236 g/mol. The first kappa shape index (κ1) is 16.9. The molecule has 0 aromatic heterocycles. The molecule has 1 saturated heterocycles. The number of rotatable bonds is 9. The molecule has 0 bridgehead atoms. The lowest BCUT2D eigenvalue weighted by molar-refractivity contribution is 0.163. The maximum absolute atomic E-state index is 3.55. The summed E-state index contributed by atoms with van der Waals surface area (Å²) in [5, 5.41) is 3.55. The Morgan fingerprint density at radius 1 is 1.00 bits per heavy atom. The van der Waals surface area contributed by atoms with E-state index >= 15 is 0 Å². The van der Waals surface area contributed by atoms with Crippen LogP contribution < -0.4 is 5.32 Å². The highest BCUT2D eigenvalue weighted by molar-refractivity contribution is 4.74. The van der Waals surface area contributed by atoms with Crippen LogP contribution in [0.4, 0.5) is 0 Å². The minimum absolute atomic E-state index is 0.916. The molecule has 0 aromatic carbocycles. The molecule has 1 fully saturated rings. The fraction of sp³-hybridized carbons (Fsp3) is 1.00. The highest BCUT2D eigenvalue weighted by Gasteiger charge is 2.18. The quantitative estimate of drug-likeness (QED) is 0.626. The third kappa shape index (κ3) is 8.58. The second kappa shape index (κ2) is 9.70. The Balaban J connectivity index is 1.95. The summed E-state index contributed by atoms with van der Waals surface area (Å²) in [7, 11) is 8.64. The molecule has 19 heavy (non-hydrogen) atoms. The van der Waals surface area contributed by atoms with Gasteiger partial charge in [0.25, 0.3) is 0 Å². The molecule has 0 saturated carbocycles. The zero-order valence-corrected chi connectivity index (χ0v) is 13.5. The maximum atomic E-state index is 3.55. The van der Waals surface area contributed by atoms with E-state index in [2.05, 4.69) is 48.2 Å². The van der Waals surface area contributed by atoms with Crippen molar-refractivity contribution < 1.29 is 0 Å². The summed E-state index contributed by atoms with van der Waals surface area (Å²) in [6.07, 6.45) is 4.00. The monoisotopic (exact) mass is 270 g/mol. The Kier molecular flexibility index (Phi) is 8.62. The number of hydrogen-bond acceptors (Lipinski definition) is 4. The van der Waals surface area contributed by atoms with Gasteiger partial charge >= 0.3 is 0 Å². The highest BCUT2D eigenvalue weighted by Crippen LogP contribution is 2.17. The van der Waals surface area contributed by atoms with Gasteiger partial charge in [-0.3, -0.25) is 0 Å². The summed E-state index contributed by atoms with van der Waals surface area (Å²) >= 11 is 0. The molecule has 0 aromatic rings. The molecule has 4 heteroatoms. The lowest BCUT2D eigenvalue weighted by Gasteiger charge is -2.33. The molecule has 0 radical (unpaired) electrons. The number of hydrogen-bond donors (Lipinski definition) is 1. The van der Waals surface area contributed by atoms with Crippen LogP contribution in [0.25, 0.3) is 0 Å². The van der Waals surface area contributed by atoms with E-state index in [1.807, 2.05) is 0 Å². The topological polar surface area (TPSA) is 21.8 Å². The van der Waals surface area contributed by atoms with E-state index < -0.39 is 0 Å². The van der Waals surface area contributed by atoms with Crippen LogP contribution in [0.3, 0.4) is 0 Å². The van der Waals surface area contributed by atoms with E-state index in [-0.39, 0.29) is 0 Å². The summed E-state index contributed by atoms with van der Waals surface area (Å²) in [6, 6.07) is 0. The van der Waals surface area contributed by atoms with Gasteiger partial charge in [0.15, 0.2) is 0 Å². The Bertz CT molecular complexity index is 210. The van der Waals surface area contributed by atoms with Gasteiger partial charge in [-0.25, -0.2) is 0 Å². The molecule has 0 amide bonds. The first-order valence-corrected chi connectivity index (χ1v) is 7.80. The van der Waals surface area contributed by atoms with Crippen molar-refractivity contribution in [1.82, 2.24) is 20.0 Å². The zero-order valence-electron chi connectivity index (χ0n) is 13.5. The van der Waals surface area contributed by atoms with Gasteiger partial charge in [0, 0.05) is 19.6 Å². The average molecular weight is 270 g/mol. The Morgan fingerprint density at radius 3 is 2.26 bits per heavy atom. The van der Waals surface area contributed by atoms with E-state index in [0.717, 1.165) is 19.0 Å². The average Bonchev–Trinajstić information content (AvgIpc) is 2.34. The Hall–Kier alpha value is -0.160. The molecule has 0 spiro atoms. The number of nitrogens with one attached hydrogen (secondary N) is 1. The van der Waals surface area contributed by atoms with Gasteiger partial charge < -0.3 is 20.0 Å². The zero-order chi connectivity index (χ0) is 14.1. The van der Waals surface area contributed by atoms with Crippen molar-refractivity contribution in [3.05, 3.63) is 0 Å². The van der Waals surface area contributed by atoms with Crippen LogP contribution >= 0.6 is 0 Å². The van der Waals surface area contributed by atoms with Gasteiger partial charge in [-0.15, -0.1) is 0 Å². The van der Waals surface area contributed by atoms with Crippen LogP contribution in [0.2, 0.25) is 0 Å². The van der Waals surface area contributed by atoms with Crippen LogP contribution in [-0.2, 0) is 0 Å². The first-order valence-electron chi connectivity index (χ1n) is 7.80. The van der Waals surface area contributed by atoms with Gasteiger partial charge in [0.1, 0.15) is 0 Å². The van der Waals surface area contributed by atoms with E-state index in [4.69, 9.17) is 0 Å². The predicted molar refractivity (Wildman–Crippen MR) is 83.8 cm³/mol. The normalized spacial score (nSPS) is 18.6. The molecule has 1 aliphatic rings. The molecule has 114 valence electrons. The smallest absolute Gasteiger partial charge is 0.0107 e. The molecule has 0 aliphatic carbocycles. The summed E-state index contributed by atoms with van der Waals surface area (Å²) in [4.78, 5) is 7.19. The maximum Gasteiger partial charge on any atom is 0.0107 e. The van der Waals surface area contributed by atoms with Gasteiger partial charge in [0.2, 0.25) is 0 Å². The summed E-state index contributed by atoms with van der Waals surface area (Å²) < 4.78 is 0. The van der Waals surface area contributed by atoms with Crippen molar-refractivity contribution in [3.8, 4) is 0 Å². The van der Waals surface area contributed by atoms with Crippen LogP contribution in [0.15, 0.2) is 0 Å². The third-order valence-electron chi connectivity index (χ3n) is 3.89. The summed E-state index contributed by atoms with van der Waals surface area (Å²) in [6.45, 7) is 8.53. The Morgan fingerprint density at radius 2 is 1.68 bits per heavy atom. The largest absolute Gasteiger partial charge is 0.315 e. The second-order valence-corrected chi connectivity index (χ2v) is 6.45. The van der Waals surface area contributed by atoms with E-state index in [1.54, 1.807) is 0 Å². The number of nitrogens with zero attached hydrogens (tertiary/aromatic N) is 3. The predicted octanol–water partition coefficient (Wildman–Crippen LogP) is 0.801. The lowest BCUT2D eigenvalue weighted by Crippen LogP contribution is -2.40. The molecular formula is C15H34N4. The number of likely N-dealkylation sites (tertiary alicyclic amines) is 1. The highest BCUT2D eigenvalue weighted by atomic mass is 15.1. The van der Waals surface area contributed by atoms with E-state index in [9.17, 15) is 0 Å². The van der Waals surface area contributed by atoms with Crippen molar-refractivity contribution in [2.24, 2.45) is 5.92 Å². The van der Waals surface area contributed by atoms with Crippen molar-refractivity contribution >= 4 is 0 Å². The first-order chi connectivity index (χ1) is 9.08. The molecule has 0 unspecified atom stereocenters. The van der Waals surface area contributed by atoms with E-state index in [0.29, 0.717) is 0 Å². The molecule has 4 nitrogen and oxygen atoms in total. The van der Waals surface area contributed by atoms with E-state index in [1.165, 1.54) is 52.0 Å². The van der Waals surface area contributed by atoms with Crippen LogP contribution in [-0.4, -0.2) is 88.7 Å². The SMILES string of the molecule is CN(C)CCCNCCN1CCC(CN(C)C)CC1. The van der Waals surface area contributed by atoms with Gasteiger partial charge in [-0.05, 0) is 79.6 Å². The van der Waals surface area contributed by atoms with Crippen LogP contribution in [0, 0.1) is 5.92 Å². The fourth-order valence-electron chi connectivity index (χ4n) is 2.79. The van der Waals surface area contributed by atoms with Crippen molar-refractivity contribution in [1.29, 1.82) is 0 Å². The lowest BCUT2D eigenvalue weighted by atomic mass is 9.96. The molecule has 1 heterocycles. The molecule has 0 atom stereocenters. The molecule has 1 rings (SSSR count). The van der Waals surface area contributed by atoms with Crippen molar-refractivity contribution in [2.75, 3.05) is 74.0 Å². The minimum Gasteiger partial charge on any atom is -0.315 e. The second-order valence-electron chi connectivity index (χ2n) is 6.45. The summed E-state index contributed by atoms with van der Waals surface area (Å²) in [5.74, 6) is 0.916. The van der Waals surface area contributed by atoms with Gasteiger partial charge in [-0.1, -0.05) is 0 Å². The van der Waals surface area contributed by atoms with Crippen molar-refractivity contribution in [2.45, 2.75) is 19.3 Å². The van der Waals surface area contributed by atoms with Crippen LogP contribution in [0.1, 0.15) is 19.3 Å². The molecule has 1 N–H and O–H groups in total. The summed E-state index contributed by atoms with van der Waals surface area (Å²) in [5.41, 5.74) is 0. The van der Waals surface area contributed by atoms with Gasteiger partial charge in [0.05, 0.1) is 0 Å². The van der Waals surface area contributed by atoms with Crippen molar-refractivity contribution in [3.63, 3.8) is 0 Å². The fourth-order valence-corrected chi connectivity index (χ4v) is 2.79. The van der Waals surface area contributed by atoms with Gasteiger partial charge in [-0.2, -0.15) is 0 Å². The third-order valence-corrected chi connectivity index (χ3v) is 3.89. The number of piperidine rings is 1. The Labute approximate surface area is 120 Å². The van der Waals surface area contributed by atoms with Crippen LogP contribution in [0.5, 0.6) is 0 Å². The molecule has 1 aliphatic heterocycles.